The van der Waals surface area contributed by atoms with Gasteiger partial charge in [-0.1, -0.05) is 36.2 Å². The summed E-state index contributed by atoms with van der Waals surface area (Å²) in [6.07, 6.45) is 0.809. The zero-order chi connectivity index (χ0) is 13.0. The number of hydrogen-bond acceptors (Lipinski definition) is 2. The van der Waals surface area contributed by atoms with E-state index in [1.165, 1.54) is 5.56 Å². The average Bonchev–Trinajstić information content (AvgIpc) is 2.86. The zero-order valence-electron chi connectivity index (χ0n) is 10.1. The van der Waals surface area contributed by atoms with E-state index in [4.69, 9.17) is 23.2 Å². The summed E-state index contributed by atoms with van der Waals surface area (Å²) in [6, 6.07) is 8.06. The molecule has 2 aromatic rings. The van der Waals surface area contributed by atoms with Gasteiger partial charge in [0.15, 0.2) is 0 Å². The lowest BCUT2D eigenvalue weighted by Gasteiger charge is -2.18. The van der Waals surface area contributed by atoms with E-state index in [9.17, 15) is 0 Å². The van der Waals surface area contributed by atoms with Crippen LogP contribution in [-0.2, 0) is 6.42 Å². The van der Waals surface area contributed by atoms with E-state index >= 15 is 0 Å². The summed E-state index contributed by atoms with van der Waals surface area (Å²) >= 11 is 14.2. The maximum absolute atomic E-state index is 6.23. The van der Waals surface area contributed by atoms with Crippen molar-refractivity contribution in [3.8, 4) is 0 Å². The predicted octanol–water partition coefficient (Wildman–Crippen LogP) is 4.95. The van der Waals surface area contributed by atoms with Crippen LogP contribution in [0, 0.1) is 0 Å². The van der Waals surface area contributed by atoms with Gasteiger partial charge in [-0.2, -0.15) is 11.3 Å². The first-order valence-corrected chi connectivity index (χ1v) is 7.60. The number of halogens is 2. The molecular weight excluding hydrogens is 285 g/mol. The highest BCUT2D eigenvalue weighted by Gasteiger charge is 2.15. The highest BCUT2D eigenvalue weighted by atomic mass is 35.5. The van der Waals surface area contributed by atoms with Gasteiger partial charge in [0.1, 0.15) is 0 Å². The largest absolute Gasteiger partial charge is 0.310 e. The van der Waals surface area contributed by atoms with Crippen LogP contribution >= 0.6 is 34.5 Å². The first-order valence-electron chi connectivity index (χ1n) is 5.90. The fraction of sp³-hybridized carbons (Fsp3) is 0.286. The first kappa shape index (κ1) is 13.9. The Morgan fingerprint density at radius 3 is 2.50 bits per heavy atom. The van der Waals surface area contributed by atoms with Gasteiger partial charge in [0.05, 0.1) is 0 Å². The number of hydrogen-bond donors (Lipinski definition) is 1. The van der Waals surface area contributed by atoms with Crippen molar-refractivity contribution in [3.05, 3.63) is 56.2 Å². The van der Waals surface area contributed by atoms with E-state index in [1.54, 1.807) is 11.3 Å². The van der Waals surface area contributed by atoms with Gasteiger partial charge in [-0.15, -0.1) is 0 Å². The third-order valence-corrected chi connectivity index (χ3v) is 4.28. The Bertz CT molecular complexity index is 476. The minimum absolute atomic E-state index is 0.263. The van der Waals surface area contributed by atoms with Crippen molar-refractivity contribution in [1.82, 2.24) is 5.32 Å². The Hall–Kier alpha value is -0.540. The number of rotatable bonds is 5. The van der Waals surface area contributed by atoms with E-state index in [1.807, 2.05) is 18.2 Å². The third kappa shape index (κ3) is 3.27. The molecule has 2 rings (SSSR count). The Labute approximate surface area is 122 Å². The maximum atomic E-state index is 6.23. The molecule has 4 heteroatoms. The number of thiophene rings is 1. The van der Waals surface area contributed by atoms with Crippen LogP contribution < -0.4 is 5.32 Å². The fourth-order valence-corrected chi connectivity index (χ4v) is 3.22. The molecule has 96 valence electrons. The summed E-state index contributed by atoms with van der Waals surface area (Å²) in [4.78, 5) is 0. The van der Waals surface area contributed by atoms with Crippen LogP contribution in [0.3, 0.4) is 0 Å². The van der Waals surface area contributed by atoms with Gasteiger partial charge in [0.25, 0.3) is 0 Å². The van der Waals surface area contributed by atoms with Crippen LogP contribution in [-0.4, -0.2) is 6.54 Å². The van der Waals surface area contributed by atoms with Gasteiger partial charge in [-0.3, -0.25) is 0 Å². The van der Waals surface area contributed by atoms with Gasteiger partial charge in [0.2, 0.25) is 0 Å². The lowest BCUT2D eigenvalue weighted by Crippen LogP contribution is -2.22. The van der Waals surface area contributed by atoms with Crippen LogP contribution in [0.2, 0.25) is 10.0 Å². The van der Waals surface area contributed by atoms with Crippen LogP contribution in [0.15, 0.2) is 35.0 Å². The van der Waals surface area contributed by atoms with Crippen molar-refractivity contribution in [2.45, 2.75) is 19.4 Å². The Morgan fingerprint density at radius 1 is 1.22 bits per heavy atom. The predicted molar refractivity (Wildman–Crippen MR) is 80.9 cm³/mol. The van der Waals surface area contributed by atoms with Gasteiger partial charge >= 0.3 is 0 Å². The topological polar surface area (TPSA) is 12.0 Å². The number of nitrogens with one attached hydrogen (secondary N) is 1. The molecule has 1 aromatic carbocycles. The van der Waals surface area contributed by atoms with Gasteiger partial charge in [-0.05, 0) is 53.1 Å². The summed E-state index contributed by atoms with van der Waals surface area (Å²) in [7, 11) is 0. The fourth-order valence-electron chi connectivity index (χ4n) is 1.96. The normalized spacial score (nSPS) is 12.6. The van der Waals surface area contributed by atoms with Crippen LogP contribution in [0.5, 0.6) is 0 Å². The molecule has 1 N–H and O–H groups in total. The molecule has 0 aliphatic carbocycles. The smallest absolute Gasteiger partial charge is 0.0453 e. The lowest BCUT2D eigenvalue weighted by molar-refractivity contribution is 0.551. The molecule has 1 atom stereocenters. The van der Waals surface area contributed by atoms with Crippen molar-refractivity contribution in [1.29, 1.82) is 0 Å². The van der Waals surface area contributed by atoms with E-state index in [-0.39, 0.29) is 6.04 Å². The number of benzene rings is 1. The van der Waals surface area contributed by atoms with Gasteiger partial charge < -0.3 is 5.32 Å². The molecule has 1 heterocycles. The van der Waals surface area contributed by atoms with Gasteiger partial charge in [-0.25, -0.2) is 0 Å². The van der Waals surface area contributed by atoms with Crippen LogP contribution in [0.1, 0.15) is 24.1 Å². The van der Waals surface area contributed by atoms with Crippen LogP contribution in [0.25, 0.3) is 0 Å². The zero-order valence-corrected chi connectivity index (χ0v) is 12.4. The molecule has 18 heavy (non-hydrogen) atoms. The van der Waals surface area contributed by atoms with Crippen molar-refractivity contribution in [2.75, 3.05) is 6.54 Å². The average molecular weight is 300 g/mol. The Balaban J connectivity index is 2.24. The Kier molecular flexibility index (Phi) is 5.07. The maximum Gasteiger partial charge on any atom is 0.0453 e. The molecule has 0 spiro atoms. The summed E-state index contributed by atoms with van der Waals surface area (Å²) in [5, 5.41) is 9.21. The quantitative estimate of drug-likeness (QED) is 0.824. The lowest BCUT2D eigenvalue weighted by atomic mass is 10.0. The SMILES string of the molecule is CCNC(Cc1c(Cl)cccc1Cl)c1ccsc1. The van der Waals surface area contributed by atoms with Crippen molar-refractivity contribution in [3.63, 3.8) is 0 Å². The summed E-state index contributed by atoms with van der Waals surface area (Å²) in [5.74, 6) is 0. The van der Waals surface area contributed by atoms with E-state index in [2.05, 4.69) is 29.1 Å². The molecule has 0 aliphatic rings. The second kappa shape index (κ2) is 6.58. The molecule has 0 fully saturated rings. The molecule has 1 aromatic heterocycles. The van der Waals surface area contributed by atoms with Crippen molar-refractivity contribution >= 4 is 34.5 Å². The molecule has 1 unspecified atom stereocenters. The van der Waals surface area contributed by atoms with E-state index in [0.717, 1.165) is 28.6 Å². The molecule has 0 radical (unpaired) electrons. The first-order chi connectivity index (χ1) is 8.72. The molecular formula is C14H15Cl2NS. The standard InChI is InChI=1S/C14H15Cl2NS/c1-2-17-14(10-6-7-18-9-10)8-11-12(15)4-3-5-13(11)16/h3-7,9,14,17H,2,8H2,1H3. The van der Waals surface area contributed by atoms with E-state index in [0.29, 0.717) is 0 Å². The Morgan fingerprint density at radius 2 is 1.94 bits per heavy atom. The summed E-state index contributed by atoms with van der Waals surface area (Å²) in [6.45, 7) is 3.02. The van der Waals surface area contributed by atoms with E-state index < -0.39 is 0 Å². The summed E-state index contributed by atoms with van der Waals surface area (Å²) < 4.78 is 0. The molecule has 0 aliphatic heterocycles. The second-order valence-corrected chi connectivity index (χ2v) is 5.67. The summed E-state index contributed by atoms with van der Waals surface area (Å²) in [5.41, 5.74) is 2.30. The minimum Gasteiger partial charge on any atom is -0.310 e. The molecule has 0 bridgehead atoms. The highest BCUT2D eigenvalue weighted by molar-refractivity contribution is 7.07. The van der Waals surface area contributed by atoms with Crippen molar-refractivity contribution < 1.29 is 0 Å². The molecule has 0 saturated carbocycles. The third-order valence-electron chi connectivity index (χ3n) is 2.87. The van der Waals surface area contributed by atoms with Gasteiger partial charge in [0, 0.05) is 16.1 Å². The molecule has 0 amide bonds. The molecule has 0 saturated heterocycles. The van der Waals surface area contributed by atoms with Crippen LogP contribution in [0.4, 0.5) is 0 Å². The number of likely N-dealkylation sites (N-methyl/N-ethyl adjacent to an activating group) is 1. The van der Waals surface area contributed by atoms with Crippen molar-refractivity contribution in [2.24, 2.45) is 0 Å². The second-order valence-electron chi connectivity index (χ2n) is 4.07. The monoisotopic (exact) mass is 299 g/mol. The minimum atomic E-state index is 0.263. The highest BCUT2D eigenvalue weighted by Crippen LogP contribution is 2.29. The molecule has 1 nitrogen and oxygen atoms in total.